The number of pyridine rings is 3. The van der Waals surface area contributed by atoms with Crippen molar-refractivity contribution >= 4 is 28.4 Å². The van der Waals surface area contributed by atoms with E-state index < -0.39 is 0 Å². The molecule has 5 heterocycles. The zero-order valence-electron chi connectivity index (χ0n) is 16.7. The third-order valence-electron chi connectivity index (χ3n) is 5.24. The molecule has 4 aromatic rings. The molecule has 1 aliphatic rings. The Hall–Kier alpha value is -3.85. The summed E-state index contributed by atoms with van der Waals surface area (Å²) in [5, 5.41) is 10.4. The van der Waals surface area contributed by atoms with Crippen LogP contribution in [0.1, 0.15) is 23.2 Å². The second-order valence-electron chi connectivity index (χ2n) is 7.40. The van der Waals surface area contributed by atoms with Gasteiger partial charge in [0.2, 0.25) is 0 Å². The van der Waals surface area contributed by atoms with Crippen molar-refractivity contribution in [2.45, 2.75) is 18.9 Å². The van der Waals surface area contributed by atoms with Crippen LogP contribution in [0.15, 0.2) is 59.9 Å². The van der Waals surface area contributed by atoms with Gasteiger partial charge in [0, 0.05) is 34.9 Å². The van der Waals surface area contributed by atoms with E-state index in [0.29, 0.717) is 29.0 Å². The van der Waals surface area contributed by atoms with E-state index in [-0.39, 0.29) is 5.91 Å². The van der Waals surface area contributed by atoms with Gasteiger partial charge in [-0.05, 0) is 50.2 Å². The number of piperidine rings is 1. The molecule has 1 fully saturated rings. The van der Waals surface area contributed by atoms with Crippen molar-refractivity contribution in [3.05, 3.63) is 61.0 Å². The maximum Gasteiger partial charge on any atom is 0.257 e. The molecule has 5 rings (SSSR count). The maximum absolute atomic E-state index is 12.8. The van der Waals surface area contributed by atoms with E-state index in [0.717, 1.165) is 42.4 Å². The zero-order chi connectivity index (χ0) is 21.0. The average molecular weight is 415 g/mol. The second kappa shape index (κ2) is 8.49. The van der Waals surface area contributed by atoms with E-state index in [2.05, 4.69) is 35.9 Å². The number of hydrogen-bond acceptors (Lipinski definition) is 8. The molecule has 0 saturated carbocycles. The summed E-state index contributed by atoms with van der Waals surface area (Å²) < 4.78 is 5.33. The van der Waals surface area contributed by atoms with Gasteiger partial charge in [0.25, 0.3) is 5.91 Å². The number of oxazole rings is 1. The number of carbonyl (C=O) groups is 1. The van der Waals surface area contributed by atoms with Gasteiger partial charge < -0.3 is 20.4 Å². The van der Waals surface area contributed by atoms with Crippen molar-refractivity contribution in [2.75, 3.05) is 23.7 Å². The Kier molecular flexibility index (Phi) is 5.24. The van der Waals surface area contributed by atoms with Crippen LogP contribution in [0.3, 0.4) is 0 Å². The number of fused-ring (bicyclic) bond motifs is 1. The smallest absolute Gasteiger partial charge is 0.257 e. The molecule has 3 N–H and O–H groups in total. The van der Waals surface area contributed by atoms with E-state index in [1.807, 2.05) is 6.07 Å². The Morgan fingerprint density at radius 2 is 1.94 bits per heavy atom. The van der Waals surface area contributed by atoms with Gasteiger partial charge in [-0.3, -0.25) is 9.78 Å². The van der Waals surface area contributed by atoms with Gasteiger partial charge in [0.1, 0.15) is 11.6 Å². The molecule has 0 atom stereocenters. The summed E-state index contributed by atoms with van der Waals surface area (Å²) in [6, 6.07) is 7.53. The quantitative estimate of drug-likeness (QED) is 0.455. The van der Waals surface area contributed by atoms with Crippen molar-refractivity contribution in [3.63, 3.8) is 0 Å². The monoisotopic (exact) mass is 415 g/mol. The van der Waals surface area contributed by atoms with Crippen LogP contribution < -0.4 is 16.0 Å². The predicted molar refractivity (Wildman–Crippen MR) is 117 cm³/mol. The Balaban J connectivity index is 1.33. The maximum atomic E-state index is 12.8. The van der Waals surface area contributed by atoms with E-state index >= 15 is 0 Å². The van der Waals surface area contributed by atoms with E-state index in [1.165, 1.54) is 6.39 Å². The largest absolute Gasteiger partial charge is 0.443 e. The summed E-state index contributed by atoms with van der Waals surface area (Å²) in [6.07, 6.45) is 10.0. The Labute approximate surface area is 178 Å². The van der Waals surface area contributed by atoms with Crippen molar-refractivity contribution in [2.24, 2.45) is 0 Å². The first-order chi connectivity index (χ1) is 15.2. The first kappa shape index (κ1) is 19.1. The second-order valence-corrected chi connectivity index (χ2v) is 7.40. The molecule has 0 aromatic carbocycles. The van der Waals surface area contributed by atoms with Crippen molar-refractivity contribution in [3.8, 4) is 11.3 Å². The van der Waals surface area contributed by atoms with Gasteiger partial charge in [0.15, 0.2) is 12.2 Å². The highest BCUT2D eigenvalue weighted by molar-refractivity contribution is 6.04. The number of rotatable bonds is 5. The molecule has 0 bridgehead atoms. The molecule has 0 radical (unpaired) electrons. The van der Waals surface area contributed by atoms with Crippen LogP contribution in [0.25, 0.3) is 22.2 Å². The molecule has 31 heavy (non-hydrogen) atoms. The number of hydrogen-bond donors (Lipinski definition) is 3. The van der Waals surface area contributed by atoms with Crippen LogP contribution in [-0.4, -0.2) is 45.0 Å². The van der Waals surface area contributed by atoms with Gasteiger partial charge in [-0.1, -0.05) is 0 Å². The minimum absolute atomic E-state index is 0.248. The van der Waals surface area contributed by atoms with Gasteiger partial charge in [-0.15, -0.1) is 0 Å². The summed E-state index contributed by atoms with van der Waals surface area (Å²) in [6.45, 7) is 1.97. The Bertz CT molecular complexity index is 1200. The van der Waals surface area contributed by atoms with Crippen LogP contribution in [-0.2, 0) is 0 Å². The number of anilines is 2. The Morgan fingerprint density at radius 3 is 2.77 bits per heavy atom. The summed E-state index contributed by atoms with van der Waals surface area (Å²) in [4.78, 5) is 29.8. The molecule has 0 aliphatic carbocycles. The number of aromatic nitrogens is 4. The highest BCUT2D eigenvalue weighted by Gasteiger charge is 2.15. The van der Waals surface area contributed by atoms with Crippen molar-refractivity contribution in [1.29, 1.82) is 0 Å². The third-order valence-corrected chi connectivity index (χ3v) is 5.24. The third kappa shape index (κ3) is 4.36. The number of nitrogens with one attached hydrogen (secondary N) is 3. The lowest BCUT2D eigenvalue weighted by atomic mass is 10.1. The van der Waals surface area contributed by atoms with E-state index in [1.54, 1.807) is 43.0 Å². The van der Waals surface area contributed by atoms with E-state index in [9.17, 15) is 4.79 Å². The van der Waals surface area contributed by atoms with Gasteiger partial charge >= 0.3 is 0 Å². The Morgan fingerprint density at radius 1 is 1.03 bits per heavy atom. The van der Waals surface area contributed by atoms with Crippen LogP contribution in [0.2, 0.25) is 0 Å². The molecule has 4 aromatic heterocycles. The lowest BCUT2D eigenvalue weighted by Crippen LogP contribution is -2.35. The summed E-state index contributed by atoms with van der Waals surface area (Å²) in [7, 11) is 0. The molecule has 1 aliphatic heterocycles. The van der Waals surface area contributed by atoms with Gasteiger partial charge in [0.05, 0.1) is 17.9 Å². The number of amides is 1. The summed E-state index contributed by atoms with van der Waals surface area (Å²) in [5.74, 6) is 1.52. The fraction of sp³-hybridized carbons (Fsp3) is 0.227. The first-order valence-corrected chi connectivity index (χ1v) is 10.1. The van der Waals surface area contributed by atoms with Gasteiger partial charge in [-0.25, -0.2) is 15.0 Å². The molecule has 1 saturated heterocycles. The topological polar surface area (TPSA) is 118 Å². The molecule has 9 heteroatoms. The minimum Gasteiger partial charge on any atom is -0.443 e. The minimum atomic E-state index is -0.248. The van der Waals surface area contributed by atoms with Crippen LogP contribution in [0, 0.1) is 0 Å². The number of nitrogens with zero attached hydrogens (tertiary/aromatic N) is 4. The molecule has 1 amide bonds. The molecular formula is C22H21N7O2. The fourth-order valence-corrected chi connectivity index (χ4v) is 3.61. The van der Waals surface area contributed by atoms with Crippen LogP contribution in [0.4, 0.5) is 11.6 Å². The van der Waals surface area contributed by atoms with Gasteiger partial charge in [-0.2, -0.15) is 0 Å². The number of carbonyl (C=O) groups excluding carboxylic acids is 1. The SMILES string of the molecule is O=C(Nc1cc2cc(-c3cnco3)cnc2cn1)c1ccnc(NC2CCNCC2)c1. The average Bonchev–Trinajstić information content (AvgIpc) is 3.34. The molecule has 156 valence electrons. The molecule has 9 nitrogen and oxygen atoms in total. The van der Waals surface area contributed by atoms with Crippen LogP contribution in [0.5, 0.6) is 0 Å². The molecule has 0 unspecified atom stereocenters. The fourth-order valence-electron chi connectivity index (χ4n) is 3.61. The van der Waals surface area contributed by atoms with Crippen LogP contribution >= 0.6 is 0 Å². The lowest BCUT2D eigenvalue weighted by molar-refractivity contribution is 0.102. The standard InChI is InChI=1S/C22H21N7O2/c30-22(14-1-6-25-20(8-14)28-17-2-4-23-5-3-17)29-21-9-15-7-16(19-12-24-13-31-19)10-26-18(15)11-27-21/h1,6-13,17,23H,2-5H2,(H,25,28)(H,27,29,30). The first-order valence-electron chi connectivity index (χ1n) is 10.1. The summed E-state index contributed by atoms with van der Waals surface area (Å²) >= 11 is 0. The normalized spacial score (nSPS) is 14.5. The lowest BCUT2D eigenvalue weighted by Gasteiger charge is -2.24. The predicted octanol–water partition coefficient (Wildman–Crippen LogP) is 3.10. The summed E-state index contributed by atoms with van der Waals surface area (Å²) in [5.41, 5.74) is 2.04. The zero-order valence-corrected chi connectivity index (χ0v) is 16.7. The van der Waals surface area contributed by atoms with E-state index in [4.69, 9.17) is 4.42 Å². The highest BCUT2D eigenvalue weighted by Crippen LogP contribution is 2.23. The van der Waals surface area contributed by atoms with Crippen molar-refractivity contribution < 1.29 is 9.21 Å². The highest BCUT2D eigenvalue weighted by atomic mass is 16.3. The van der Waals surface area contributed by atoms with Crippen molar-refractivity contribution in [1.82, 2.24) is 25.3 Å². The molecular weight excluding hydrogens is 394 g/mol. The molecule has 0 spiro atoms.